The first-order chi connectivity index (χ1) is 18.2. The molecule has 2 aliphatic rings. The highest BCUT2D eigenvalue weighted by atomic mass is 19.1. The Hall–Kier alpha value is -4.51. The molecule has 2 aliphatic heterocycles. The average Bonchev–Trinajstić information content (AvgIpc) is 2.88. The van der Waals surface area contributed by atoms with Gasteiger partial charge in [-0.1, -0.05) is 54.3 Å². The lowest BCUT2D eigenvalue weighted by atomic mass is 9.88. The summed E-state index contributed by atoms with van der Waals surface area (Å²) in [5, 5.41) is 0. The number of benzene rings is 3. The van der Waals surface area contributed by atoms with Gasteiger partial charge < -0.3 is 9.80 Å². The Morgan fingerprint density at radius 1 is 0.868 bits per heavy atom. The van der Waals surface area contributed by atoms with E-state index in [4.69, 9.17) is 0 Å². The molecule has 0 N–H and O–H groups in total. The number of urea groups is 1. The van der Waals surface area contributed by atoms with Gasteiger partial charge in [0, 0.05) is 30.8 Å². The van der Waals surface area contributed by atoms with Crippen LogP contribution >= 0.6 is 0 Å². The summed E-state index contributed by atoms with van der Waals surface area (Å²) in [6.07, 6.45) is -0.393. The molecule has 2 fully saturated rings. The number of imide groups is 1. The number of fused-ring (bicyclic) bond motifs is 1. The first-order valence-electron chi connectivity index (χ1n) is 12.2. The summed E-state index contributed by atoms with van der Waals surface area (Å²) in [5.74, 6) is 2.13. The van der Waals surface area contributed by atoms with E-state index in [-0.39, 0.29) is 24.6 Å². The highest BCUT2D eigenvalue weighted by Gasteiger charge is 2.55. The van der Waals surface area contributed by atoms with Crippen molar-refractivity contribution < 1.29 is 23.2 Å². The van der Waals surface area contributed by atoms with Crippen LogP contribution in [0.25, 0.3) is 0 Å². The molecule has 0 aliphatic carbocycles. The zero-order chi connectivity index (χ0) is 27.0. The number of hydrogen-bond donors (Lipinski definition) is 0. The lowest BCUT2D eigenvalue weighted by Crippen LogP contribution is -2.72. The van der Waals surface area contributed by atoms with E-state index in [1.807, 2.05) is 37.3 Å². The topological polar surface area (TPSA) is 60.9 Å². The lowest BCUT2D eigenvalue weighted by molar-refractivity contribution is -0.152. The predicted octanol–water partition coefficient (Wildman–Crippen LogP) is 4.63. The van der Waals surface area contributed by atoms with Crippen molar-refractivity contribution in [2.24, 2.45) is 0 Å². The van der Waals surface area contributed by atoms with Gasteiger partial charge in [-0.25, -0.2) is 18.5 Å². The van der Waals surface area contributed by atoms with Crippen LogP contribution in [0.15, 0.2) is 66.7 Å². The molecule has 4 amide bonds. The zero-order valence-corrected chi connectivity index (χ0v) is 21.0. The van der Waals surface area contributed by atoms with Gasteiger partial charge in [0.15, 0.2) is 11.6 Å². The summed E-state index contributed by atoms with van der Waals surface area (Å²) in [5.41, 5.74) is 0.519. The van der Waals surface area contributed by atoms with E-state index in [1.165, 1.54) is 11.8 Å². The Bertz CT molecular complexity index is 1490. The van der Waals surface area contributed by atoms with Gasteiger partial charge in [0.25, 0.3) is 0 Å². The van der Waals surface area contributed by atoms with Crippen molar-refractivity contribution in [3.8, 4) is 11.8 Å². The van der Waals surface area contributed by atoms with Gasteiger partial charge in [-0.2, -0.15) is 0 Å². The van der Waals surface area contributed by atoms with Crippen molar-refractivity contribution >= 4 is 23.5 Å². The first-order valence-corrected chi connectivity index (χ1v) is 12.2. The van der Waals surface area contributed by atoms with Crippen molar-refractivity contribution in [2.75, 3.05) is 18.0 Å². The second-order valence-corrected chi connectivity index (χ2v) is 9.67. The molecule has 1 atom stereocenters. The van der Waals surface area contributed by atoms with Gasteiger partial charge in [0.2, 0.25) is 11.8 Å². The second kappa shape index (κ2) is 9.75. The molecule has 192 valence electrons. The Balaban J connectivity index is 1.41. The van der Waals surface area contributed by atoms with Crippen molar-refractivity contribution in [1.29, 1.82) is 0 Å². The maximum Gasteiger partial charge on any atom is 0.332 e. The van der Waals surface area contributed by atoms with Crippen molar-refractivity contribution in [3.05, 3.63) is 101 Å². The van der Waals surface area contributed by atoms with Crippen LogP contribution in [0, 0.1) is 30.4 Å². The monoisotopic (exact) mass is 513 g/mol. The summed E-state index contributed by atoms with van der Waals surface area (Å²) in [7, 11) is 0. The minimum absolute atomic E-state index is 0.0642. The van der Waals surface area contributed by atoms with Crippen molar-refractivity contribution in [3.63, 3.8) is 0 Å². The number of hydrogen-bond acceptors (Lipinski definition) is 3. The number of carbonyl (C=O) groups excluding carboxylic acids is 3. The molecule has 3 aromatic rings. The van der Waals surface area contributed by atoms with Crippen molar-refractivity contribution in [1.82, 2.24) is 9.80 Å². The van der Waals surface area contributed by atoms with Gasteiger partial charge >= 0.3 is 6.03 Å². The largest absolute Gasteiger partial charge is 0.335 e. The Morgan fingerprint density at radius 2 is 1.50 bits per heavy atom. The summed E-state index contributed by atoms with van der Waals surface area (Å²) >= 11 is 0. The van der Waals surface area contributed by atoms with Crippen LogP contribution in [0.4, 0.5) is 19.3 Å². The van der Waals surface area contributed by atoms with E-state index in [1.54, 1.807) is 29.2 Å². The molecule has 2 saturated heterocycles. The summed E-state index contributed by atoms with van der Waals surface area (Å²) in [4.78, 5) is 43.5. The number of anilines is 1. The van der Waals surface area contributed by atoms with Crippen LogP contribution < -0.4 is 4.90 Å². The van der Waals surface area contributed by atoms with E-state index >= 15 is 8.78 Å². The molecule has 0 aromatic heterocycles. The van der Waals surface area contributed by atoms with Crippen LogP contribution in [0.3, 0.4) is 0 Å². The average molecular weight is 514 g/mol. The van der Waals surface area contributed by atoms with Crippen LogP contribution in [0.2, 0.25) is 0 Å². The summed E-state index contributed by atoms with van der Waals surface area (Å²) < 4.78 is 30.3. The molecule has 0 saturated carbocycles. The maximum absolute atomic E-state index is 15.2. The number of aryl methyl sites for hydroxylation is 1. The fourth-order valence-electron chi connectivity index (χ4n) is 4.99. The van der Waals surface area contributed by atoms with E-state index < -0.39 is 41.2 Å². The Kier molecular flexibility index (Phi) is 6.45. The number of halogens is 2. The number of carbonyl (C=O) groups is 3. The third-order valence-corrected chi connectivity index (χ3v) is 7.09. The van der Waals surface area contributed by atoms with Gasteiger partial charge in [0.1, 0.15) is 11.2 Å². The van der Waals surface area contributed by atoms with Gasteiger partial charge in [-0.15, -0.1) is 0 Å². The molecule has 2 heterocycles. The van der Waals surface area contributed by atoms with E-state index in [9.17, 15) is 14.4 Å². The number of rotatable bonds is 3. The van der Waals surface area contributed by atoms with E-state index in [2.05, 4.69) is 11.8 Å². The second-order valence-electron chi connectivity index (χ2n) is 9.67. The van der Waals surface area contributed by atoms with Gasteiger partial charge in [-0.05, 0) is 49.2 Å². The quantitative estimate of drug-likeness (QED) is 0.480. The minimum Gasteiger partial charge on any atom is -0.335 e. The van der Waals surface area contributed by atoms with Crippen molar-refractivity contribution in [2.45, 2.75) is 32.4 Å². The molecule has 1 unspecified atom stereocenters. The van der Waals surface area contributed by atoms with E-state index in [0.29, 0.717) is 17.0 Å². The third kappa shape index (κ3) is 4.41. The SMILES string of the molecule is Cc1ccccc1CN1CCN2C(=O)N(c3c(F)cc(C#Cc4ccccc4)cc3F)C(=O)CC2(C)C1=O. The fourth-order valence-corrected chi connectivity index (χ4v) is 4.99. The molecule has 0 radical (unpaired) electrons. The number of nitrogens with zero attached hydrogens (tertiary/aromatic N) is 3. The number of amides is 4. The highest BCUT2D eigenvalue weighted by Crippen LogP contribution is 2.37. The predicted molar refractivity (Wildman–Crippen MR) is 138 cm³/mol. The first kappa shape index (κ1) is 25.2. The lowest BCUT2D eigenvalue weighted by Gasteiger charge is -2.51. The van der Waals surface area contributed by atoms with E-state index in [0.717, 1.165) is 23.3 Å². The standard InChI is InChI=1S/C30H25F2N3O3/c1-20-8-6-7-11-23(20)19-33-14-15-34-29(38)35(26(36)18-30(34,2)28(33)37)27-24(31)16-22(17-25(27)32)13-12-21-9-4-3-5-10-21/h3-11,16-17H,14-15,18-19H2,1-2H3. The molecule has 3 aromatic carbocycles. The fraction of sp³-hybridized carbons (Fsp3) is 0.233. The molecule has 0 bridgehead atoms. The highest BCUT2D eigenvalue weighted by molar-refractivity contribution is 6.19. The molecule has 5 rings (SSSR count). The van der Waals surface area contributed by atoms with Gasteiger partial charge in [0.05, 0.1) is 6.42 Å². The molecule has 8 heteroatoms. The van der Waals surface area contributed by atoms with Crippen LogP contribution in [0.1, 0.15) is 35.6 Å². The Labute approximate surface area is 219 Å². The smallest absolute Gasteiger partial charge is 0.332 e. The maximum atomic E-state index is 15.2. The number of piperazine rings is 1. The third-order valence-electron chi connectivity index (χ3n) is 7.09. The van der Waals surface area contributed by atoms with Crippen LogP contribution in [-0.2, 0) is 16.1 Å². The molecule has 0 spiro atoms. The molecule has 38 heavy (non-hydrogen) atoms. The Morgan fingerprint density at radius 3 is 2.18 bits per heavy atom. The summed E-state index contributed by atoms with van der Waals surface area (Å²) in [6, 6.07) is 17.7. The van der Waals surface area contributed by atoms with Gasteiger partial charge in [-0.3, -0.25) is 9.59 Å². The molecule has 6 nitrogen and oxygen atoms in total. The normalized spacial score (nSPS) is 19.3. The molecular formula is C30H25F2N3O3. The van der Waals surface area contributed by atoms with Crippen LogP contribution in [-0.4, -0.2) is 46.3 Å². The summed E-state index contributed by atoms with van der Waals surface area (Å²) in [6.45, 7) is 4.18. The minimum atomic E-state index is -1.44. The van der Waals surface area contributed by atoms with Crippen LogP contribution in [0.5, 0.6) is 0 Å². The molecular weight excluding hydrogens is 488 g/mol. The zero-order valence-electron chi connectivity index (χ0n) is 21.0.